The number of methoxy groups -OCH3 is 1. The molecule has 1 aromatic rings. The number of piperidine rings is 1. The van der Waals surface area contributed by atoms with Gasteiger partial charge in [0.25, 0.3) is 0 Å². The maximum Gasteiger partial charge on any atom is 0.145 e. The van der Waals surface area contributed by atoms with Crippen molar-refractivity contribution in [2.45, 2.75) is 39.5 Å². The third-order valence-electron chi connectivity index (χ3n) is 3.68. The number of benzene rings is 1. The molecule has 0 spiro atoms. The van der Waals surface area contributed by atoms with Crippen molar-refractivity contribution in [3.05, 3.63) is 29.3 Å². The molecule has 22 heavy (non-hydrogen) atoms. The van der Waals surface area contributed by atoms with Crippen LogP contribution in [0.1, 0.15) is 43.7 Å². The molecule has 1 aromatic carbocycles. The highest BCUT2D eigenvalue weighted by atomic mass is 16.5. The number of hydrogen-bond acceptors (Lipinski definition) is 4. The maximum absolute atomic E-state index is 8.92. The Morgan fingerprint density at radius 3 is 2.27 bits per heavy atom. The van der Waals surface area contributed by atoms with Gasteiger partial charge < -0.3 is 19.5 Å². The molecule has 1 fully saturated rings. The standard InChI is InChI=1S/C14H21NO.C2H4O2.C2H6/c1-11-10-13(4-5-14(11)16-3)12-6-8-15(2)9-7-12;3-1-2-4;1-2/h4-5,10,12H,6-9H2,1-3H3;1,4H,2H2;1-2H3. The van der Waals surface area contributed by atoms with Crippen LogP contribution >= 0.6 is 0 Å². The van der Waals surface area contributed by atoms with Crippen LogP contribution in [0.15, 0.2) is 18.2 Å². The molecule has 0 unspecified atom stereocenters. The van der Waals surface area contributed by atoms with E-state index in [0.29, 0.717) is 6.29 Å². The fraction of sp³-hybridized carbons (Fsp3) is 0.611. The summed E-state index contributed by atoms with van der Waals surface area (Å²) < 4.78 is 5.30. The molecule has 1 aliphatic rings. The van der Waals surface area contributed by atoms with Crippen LogP contribution in [-0.2, 0) is 4.79 Å². The van der Waals surface area contributed by atoms with Gasteiger partial charge in [-0.05, 0) is 63.0 Å². The summed E-state index contributed by atoms with van der Waals surface area (Å²) in [6, 6.07) is 6.61. The number of carbonyl (C=O) groups excluding carboxylic acids is 1. The van der Waals surface area contributed by atoms with Crippen LogP contribution in [0.3, 0.4) is 0 Å². The van der Waals surface area contributed by atoms with Crippen molar-refractivity contribution >= 4 is 6.29 Å². The second kappa shape index (κ2) is 12.2. The molecule has 1 aliphatic heterocycles. The summed E-state index contributed by atoms with van der Waals surface area (Å²) in [4.78, 5) is 11.3. The van der Waals surface area contributed by atoms with E-state index in [1.54, 1.807) is 7.11 Å². The van der Waals surface area contributed by atoms with Crippen LogP contribution in [0.4, 0.5) is 0 Å². The molecular formula is C18H31NO3. The first kappa shape index (κ1) is 20.6. The van der Waals surface area contributed by atoms with E-state index in [4.69, 9.17) is 14.6 Å². The Balaban J connectivity index is 0.000000640. The van der Waals surface area contributed by atoms with Crippen LogP contribution in [0.2, 0.25) is 0 Å². The van der Waals surface area contributed by atoms with Gasteiger partial charge in [0.2, 0.25) is 0 Å². The Morgan fingerprint density at radius 2 is 1.86 bits per heavy atom. The molecule has 1 heterocycles. The van der Waals surface area contributed by atoms with E-state index < -0.39 is 0 Å². The number of ether oxygens (including phenoxy) is 1. The lowest BCUT2D eigenvalue weighted by molar-refractivity contribution is -0.110. The largest absolute Gasteiger partial charge is 0.496 e. The van der Waals surface area contributed by atoms with E-state index in [9.17, 15) is 0 Å². The summed E-state index contributed by atoms with van der Waals surface area (Å²) in [5.74, 6) is 1.73. The van der Waals surface area contributed by atoms with E-state index >= 15 is 0 Å². The predicted molar refractivity (Wildman–Crippen MR) is 91.7 cm³/mol. The summed E-state index contributed by atoms with van der Waals surface area (Å²) in [7, 11) is 3.94. The van der Waals surface area contributed by atoms with Crippen molar-refractivity contribution in [2.75, 3.05) is 33.9 Å². The van der Waals surface area contributed by atoms with Gasteiger partial charge in [-0.15, -0.1) is 0 Å². The average molecular weight is 309 g/mol. The maximum atomic E-state index is 8.92. The van der Waals surface area contributed by atoms with E-state index in [1.165, 1.54) is 37.1 Å². The number of aldehydes is 1. The smallest absolute Gasteiger partial charge is 0.145 e. The van der Waals surface area contributed by atoms with Gasteiger partial charge in [-0.1, -0.05) is 26.0 Å². The molecule has 0 amide bonds. The van der Waals surface area contributed by atoms with Crippen LogP contribution < -0.4 is 4.74 Å². The minimum atomic E-state index is -0.361. The molecule has 0 bridgehead atoms. The highest BCUT2D eigenvalue weighted by Gasteiger charge is 2.18. The zero-order valence-corrected chi connectivity index (χ0v) is 14.6. The molecule has 4 nitrogen and oxygen atoms in total. The minimum absolute atomic E-state index is 0.361. The molecule has 0 radical (unpaired) electrons. The van der Waals surface area contributed by atoms with Crippen LogP contribution in [0, 0.1) is 6.92 Å². The lowest BCUT2D eigenvalue weighted by Gasteiger charge is -2.29. The third kappa shape index (κ3) is 7.05. The molecular weight excluding hydrogens is 278 g/mol. The van der Waals surface area contributed by atoms with Gasteiger partial charge in [0, 0.05) is 0 Å². The van der Waals surface area contributed by atoms with Gasteiger partial charge in [0.15, 0.2) is 0 Å². The predicted octanol–water partition coefficient (Wildman–Crippen LogP) is 3.02. The van der Waals surface area contributed by atoms with Crippen LogP contribution in [0.25, 0.3) is 0 Å². The first-order chi connectivity index (χ1) is 10.6. The van der Waals surface area contributed by atoms with Crippen molar-refractivity contribution in [1.82, 2.24) is 4.90 Å². The second-order valence-electron chi connectivity index (χ2n) is 5.16. The van der Waals surface area contributed by atoms with Crippen molar-refractivity contribution in [2.24, 2.45) is 0 Å². The normalized spacial score (nSPS) is 15.0. The number of rotatable bonds is 3. The average Bonchev–Trinajstić information content (AvgIpc) is 2.57. The number of carbonyl (C=O) groups is 1. The topological polar surface area (TPSA) is 49.8 Å². The highest BCUT2D eigenvalue weighted by molar-refractivity contribution is 5.49. The lowest BCUT2D eigenvalue weighted by atomic mass is 9.89. The van der Waals surface area contributed by atoms with Gasteiger partial charge in [0.1, 0.15) is 12.0 Å². The zero-order chi connectivity index (χ0) is 17.0. The summed E-state index contributed by atoms with van der Waals surface area (Å²) in [5, 5.41) is 7.51. The van der Waals surface area contributed by atoms with Gasteiger partial charge >= 0.3 is 0 Å². The van der Waals surface area contributed by atoms with Crippen LogP contribution in [-0.4, -0.2) is 50.1 Å². The van der Waals surface area contributed by atoms with Crippen molar-refractivity contribution < 1.29 is 14.6 Å². The number of nitrogens with zero attached hydrogens (tertiary/aromatic N) is 1. The number of aryl methyl sites for hydroxylation is 1. The van der Waals surface area contributed by atoms with Crippen molar-refractivity contribution in [3.63, 3.8) is 0 Å². The van der Waals surface area contributed by atoms with E-state index in [1.807, 2.05) is 13.8 Å². The first-order valence-electron chi connectivity index (χ1n) is 8.00. The van der Waals surface area contributed by atoms with E-state index in [2.05, 4.69) is 37.1 Å². The summed E-state index contributed by atoms with van der Waals surface area (Å²) in [6.07, 6.45) is 2.99. The van der Waals surface area contributed by atoms with Gasteiger partial charge in [-0.2, -0.15) is 0 Å². The Hall–Kier alpha value is -1.39. The lowest BCUT2D eigenvalue weighted by Crippen LogP contribution is -2.29. The Kier molecular flexibility index (Phi) is 11.4. The number of likely N-dealkylation sites (tertiary alicyclic amines) is 1. The van der Waals surface area contributed by atoms with Crippen LogP contribution in [0.5, 0.6) is 5.75 Å². The van der Waals surface area contributed by atoms with Gasteiger partial charge in [-0.25, -0.2) is 0 Å². The highest BCUT2D eigenvalue weighted by Crippen LogP contribution is 2.30. The molecule has 1 N–H and O–H groups in total. The van der Waals surface area contributed by atoms with Gasteiger partial charge in [0.05, 0.1) is 13.7 Å². The Morgan fingerprint density at radius 1 is 1.32 bits per heavy atom. The molecule has 0 saturated carbocycles. The summed E-state index contributed by atoms with van der Waals surface area (Å²) in [5.41, 5.74) is 2.73. The minimum Gasteiger partial charge on any atom is -0.496 e. The van der Waals surface area contributed by atoms with Crippen molar-refractivity contribution in [1.29, 1.82) is 0 Å². The second-order valence-corrected chi connectivity index (χ2v) is 5.16. The molecule has 4 heteroatoms. The molecule has 126 valence electrons. The fourth-order valence-electron chi connectivity index (χ4n) is 2.50. The van der Waals surface area contributed by atoms with E-state index in [-0.39, 0.29) is 6.61 Å². The quantitative estimate of drug-likeness (QED) is 0.872. The molecule has 0 aromatic heterocycles. The first-order valence-corrected chi connectivity index (χ1v) is 8.00. The SMILES string of the molecule is CC.COc1ccc(C2CCN(C)CC2)cc1C.O=CCO. The summed E-state index contributed by atoms with van der Waals surface area (Å²) >= 11 is 0. The number of aliphatic hydroxyl groups excluding tert-OH is 1. The van der Waals surface area contributed by atoms with Crippen molar-refractivity contribution in [3.8, 4) is 5.75 Å². The summed E-state index contributed by atoms with van der Waals surface area (Å²) in [6.45, 7) is 8.20. The molecule has 2 rings (SSSR count). The van der Waals surface area contributed by atoms with Gasteiger partial charge in [-0.3, -0.25) is 0 Å². The fourth-order valence-corrected chi connectivity index (χ4v) is 2.50. The Bertz CT molecular complexity index is 413. The molecule has 0 aliphatic carbocycles. The monoisotopic (exact) mass is 309 g/mol. The van der Waals surface area contributed by atoms with E-state index in [0.717, 1.165) is 11.7 Å². The Labute approximate surface area is 135 Å². The third-order valence-corrected chi connectivity index (χ3v) is 3.68. The zero-order valence-electron chi connectivity index (χ0n) is 14.6. The number of aliphatic hydroxyl groups is 1. The molecule has 0 atom stereocenters. The molecule has 1 saturated heterocycles. The number of hydrogen-bond donors (Lipinski definition) is 1.